The van der Waals surface area contributed by atoms with Crippen LogP contribution in [0.4, 0.5) is 8.78 Å². The molecule has 0 radical (unpaired) electrons. The largest absolute Gasteiger partial charge is 0.417 e. The highest BCUT2D eigenvalue weighted by Crippen LogP contribution is 2.29. The predicted molar refractivity (Wildman–Crippen MR) is 62.8 cm³/mol. The maximum Gasteiger partial charge on any atom is 0.417 e. The second-order valence-electron chi connectivity index (χ2n) is 3.66. The van der Waals surface area contributed by atoms with Crippen molar-refractivity contribution < 1.29 is 13.2 Å². The molecule has 0 spiro atoms. The Hall–Kier alpha value is -2.28. The molecule has 0 saturated carbocycles. The fraction of sp³-hybridized carbons (Fsp3) is 0. The molecule has 0 aliphatic rings. The molecule has 0 aliphatic heterocycles. The summed E-state index contributed by atoms with van der Waals surface area (Å²) in [5, 5.41) is 0.151. The van der Waals surface area contributed by atoms with Crippen LogP contribution in [-0.2, 0) is 0 Å². The Morgan fingerprint density at radius 3 is 2.74 bits per heavy atom. The number of hydrogen-bond acceptors (Lipinski definition) is 4. The summed E-state index contributed by atoms with van der Waals surface area (Å²) in [6.45, 7) is 0. The number of aromatic amines is 1. The van der Waals surface area contributed by atoms with Crippen molar-refractivity contribution in [2.24, 2.45) is 0 Å². The second-order valence-corrected chi connectivity index (χ2v) is 4.05. The summed E-state index contributed by atoms with van der Waals surface area (Å²) in [6, 6.07) is 0.881. The first-order valence-corrected chi connectivity index (χ1v) is 5.43. The Bertz CT molecular complexity index is 826. The zero-order valence-electron chi connectivity index (χ0n) is 9.08. The van der Waals surface area contributed by atoms with E-state index < -0.39 is 17.4 Å². The van der Waals surface area contributed by atoms with Gasteiger partial charge in [-0.15, -0.1) is 0 Å². The van der Waals surface area contributed by atoms with Gasteiger partial charge in [0.2, 0.25) is 0 Å². The van der Waals surface area contributed by atoms with E-state index in [1.54, 1.807) is 0 Å². The van der Waals surface area contributed by atoms with Gasteiger partial charge in [0, 0.05) is 5.56 Å². The Labute approximate surface area is 108 Å². The lowest BCUT2D eigenvalue weighted by molar-refractivity contribution is 0.514. The molecule has 1 aromatic carbocycles. The highest BCUT2D eigenvalue weighted by Gasteiger charge is 2.18. The van der Waals surface area contributed by atoms with Crippen LogP contribution >= 0.6 is 11.6 Å². The number of fused-ring (bicyclic) bond motifs is 1. The first-order chi connectivity index (χ1) is 9.06. The maximum absolute atomic E-state index is 13.5. The fourth-order valence-corrected chi connectivity index (χ4v) is 1.79. The van der Waals surface area contributed by atoms with E-state index in [2.05, 4.69) is 15.0 Å². The highest BCUT2D eigenvalue weighted by atomic mass is 35.5. The quantitative estimate of drug-likeness (QED) is 0.745. The van der Waals surface area contributed by atoms with Crippen LogP contribution in [0.15, 0.2) is 27.7 Å². The summed E-state index contributed by atoms with van der Waals surface area (Å²) in [7, 11) is 0. The molecular weight excluding hydrogens is 280 g/mol. The lowest BCUT2D eigenvalue weighted by Crippen LogP contribution is -1.94. The topological polar surface area (TPSA) is 71.8 Å². The smallest absolute Gasteiger partial charge is 0.407 e. The summed E-state index contributed by atoms with van der Waals surface area (Å²) in [6.07, 6.45) is 2.51. The van der Waals surface area contributed by atoms with Gasteiger partial charge in [0.25, 0.3) is 0 Å². The van der Waals surface area contributed by atoms with Crippen LogP contribution in [0.1, 0.15) is 0 Å². The molecule has 5 nitrogen and oxygen atoms in total. The maximum atomic E-state index is 13.5. The van der Waals surface area contributed by atoms with Crippen molar-refractivity contribution in [2.45, 2.75) is 0 Å². The number of nitrogens with one attached hydrogen (secondary N) is 1. The van der Waals surface area contributed by atoms with Crippen LogP contribution in [0.2, 0.25) is 5.15 Å². The third-order valence-corrected chi connectivity index (χ3v) is 2.69. The summed E-state index contributed by atoms with van der Waals surface area (Å²) >= 11 is 5.59. The number of aromatic nitrogens is 3. The van der Waals surface area contributed by atoms with Crippen LogP contribution in [-0.4, -0.2) is 15.0 Å². The Kier molecular flexibility index (Phi) is 2.56. The van der Waals surface area contributed by atoms with Crippen LogP contribution < -0.4 is 5.76 Å². The standard InChI is InChI=1S/C11H4ClF2N3O2/c12-7-3-15-6(2-16-7)4-1-5(13)8(14)9-10(4)19-11(18)17-9/h1-3H,(H,17,18). The predicted octanol–water partition coefficient (Wildman–Crippen LogP) is 2.51. The number of H-pyrrole nitrogens is 1. The number of hydrogen-bond donors (Lipinski definition) is 1. The molecule has 96 valence electrons. The highest BCUT2D eigenvalue weighted by molar-refractivity contribution is 6.29. The molecule has 0 atom stereocenters. The summed E-state index contributed by atoms with van der Waals surface area (Å²) in [5.41, 5.74) is -0.162. The van der Waals surface area contributed by atoms with Gasteiger partial charge in [0.15, 0.2) is 17.2 Å². The van der Waals surface area contributed by atoms with E-state index in [4.69, 9.17) is 16.0 Å². The van der Waals surface area contributed by atoms with Gasteiger partial charge in [0.05, 0.1) is 18.1 Å². The normalized spacial score (nSPS) is 11.1. The van der Waals surface area contributed by atoms with Crippen molar-refractivity contribution in [1.29, 1.82) is 0 Å². The molecule has 1 N–H and O–H groups in total. The minimum Gasteiger partial charge on any atom is -0.407 e. The summed E-state index contributed by atoms with van der Waals surface area (Å²) in [4.78, 5) is 20.9. The van der Waals surface area contributed by atoms with E-state index in [-0.39, 0.29) is 27.5 Å². The third kappa shape index (κ3) is 1.88. The zero-order valence-corrected chi connectivity index (χ0v) is 9.83. The Morgan fingerprint density at radius 1 is 1.26 bits per heavy atom. The SMILES string of the molecule is O=c1[nH]c2c(F)c(F)cc(-c3cnc(Cl)cn3)c2o1. The van der Waals surface area contributed by atoms with Crippen molar-refractivity contribution in [3.8, 4) is 11.3 Å². The van der Waals surface area contributed by atoms with Gasteiger partial charge in [-0.3, -0.25) is 9.97 Å². The zero-order chi connectivity index (χ0) is 13.6. The van der Waals surface area contributed by atoms with Crippen molar-refractivity contribution >= 4 is 22.7 Å². The molecule has 0 fully saturated rings. The molecule has 0 aliphatic carbocycles. The van der Waals surface area contributed by atoms with Gasteiger partial charge in [-0.2, -0.15) is 0 Å². The lowest BCUT2D eigenvalue weighted by atomic mass is 10.1. The van der Waals surface area contributed by atoms with E-state index in [0.717, 1.165) is 6.07 Å². The van der Waals surface area contributed by atoms with Gasteiger partial charge in [-0.1, -0.05) is 11.6 Å². The number of oxazole rings is 1. The van der Waals surface area contributed by atoms with Crippen LogP contribution in [0.3, 0.4) is 0 Å². The van der Waals surface area contributed by atoms with E-state index in [1.807, 2.05) is 0 Å². The molecule has 0 bridgehead atoms. The number of nitrogens with zero attached hydrogens (tertiary/aromatic N) is 2. The summed E-state index contributed by atoms with van der Waals surface area (Å²) in [5.74, 6) is -3.20. The molecule has 19 heavy (non-hydrogen) atoms. The van der Waals surface area contributed by atoms with Gasteiger partial charge in [-0.25, -0.2) is 18.6 Å². The lowest BCUT2D eigenvalue weighted by Gasteiger charge is -2.02. The van der Waals surface area contributed by atoms with Crippen LogP contribution in [0.5, 0.6) is 0 Å². The van der Waals surface area contributed by atoms with Crippen molar-refractivity contribution in [3.63, 3.8) is 0 Å². The molecule has 0 unspecified atom stereocenters. The van der Waals surface area contributed by atoms with Crippen LogP contribution in [0, 0.1) is 11.6 Å². The van der Waals surface area contributed by atoms with Gasteiger partial charge < -0.3 is 4.42 Å². The second kappa shape index (κ2) is 4.13. The first kappa shape index (κ1) is 11.8. The van der Waals surface area contributed by atoms with Crippen molar-refractivity contribution in [2.75, 3.05) is 0 Å². The number of halogens is 3. The summed E-state index contributed by atoms with van der Waals surface area (Å²) < 4.78 is 31.8. The molecule has 8 heteroatoms. The van der Waals surface area contributed by atoms with Gasteiger partial charge >= 0.3 is 5.76 Å². The van der Waals surface area contributed by atoms with Crippen molar-refractivity contribution in [1.82, 2.24) is 15.0 Å². The van der Waals surface area contributed by atoms with E-state index in [9.17, 15) is 13.6 Å². The molecular formula is C11H4ClF2N3O2. The molecule has 3 aromatic rings. The molecule has 2 aromatic heterocycles. The molecule has 0 saturated heterocycles. The molecule has 3 rings (SSSR count). The average molecular weight is 284 g/mol. The Balaban J connectivity index is 2.37. The Morgan fingerprint density at radius 2 is 2.05 bits per heavy atom. The molecule has 2 heterocycles. The fourth-order valence-electron chi connectivity index (χ4n) is 1.69. The van der Waals surface area contributed by atoms with E-state index >= 15 is 0 Å². The number of rotatable bonds is 1. The van der Waals surface area contributed by atoms with Crippen molar-refractivity contribution in [3.05, 3.63) is 45.8 Å². The van der Waals surface area contributed by atoms with Crippen LogP contribution in [0.25, 0.3) is 22.4 Å². The van der Waals surface area contributed by atoms with E-state index in [0.29, 0.717) is 0 Å². The third-order valence-electron chi connectivity index (χ3n) is 2.49. The average Bonchev–Trinajstić information content (AvgIpc) is 2.77. The van der Waals surface area contributed by atoms with E-state index in [1.165, 1.54) is 12.4 Å². The number of benzene rings is 1. The molecule has 0 amide bonds. The monoisotopic (exact) mass is 283 g/mol. The van der Waals surface area contributed by atoms with Gasteiger partial charge in [-0.05, 0) is 6.07 Å². The van der Waals surface area contributed by atoms with Gasteiger partial charge in [0.1, 0.15) is 10.7 Å². The minimum atomic E-state index is -1.19. The minimum absolute atomic E-state index is 0.108. The first-order valence-electron chi connectivity index (χ1n) is 5.05.